The minimum absolute atomic E-state index is 0.124. The summed E-state index contributed by atoms with van der Waals surface area (Å²) in [7, 11) is 1.95. The normalized spacial score (nSPS) is 14.7. The second kappa shape index (κ2) is 7.02. The van der Waals surface area contributed by atoms with Crippen LogP contribution in [0.2, 0.25) is 0 Å². The highest BCUT2D eigenvalue weighted by Crippen LogP contribution is 2.27. The minimum atomic E-state index is 0.124. The first-order valence-corrected chi connectivity index (χ1v) is 8.04. The molecule has 2 aromatic heterocycles. The Kier molecular flexibility index (Phi) is 5.34. The van der Waals surface area contributed by atoms with E-state index in [0.29, 0.717) is 0 Å². The van der Waals surface area contributed by atoms with Crippen molar-refractivity contribution in [3.63, 3.8) is 0 Å². The van der Waals surface area contributed by atoms with E-state index < -0.39 is 0 Å². The van der Waals surface area contributed by atoms with Gasteiger partial charge < -0.3 is 5.73 Å². The Labute approximate surface area is 125 Å². The quantitative estimate of drug-likeness (QED) is 0.853. The molecule has 5 heteroatoms. The van der Waals surface area contributed by atoms with E-state index in [9.17, 15) is 0 Å². The summed E-state index contributed by atoms with van der Waals surface area (Å²) in [6.07, 6.45) is 4.98. The third kappa shape index (κ3) is 3.48. The first-order valence-electron chi connectivity index (χ1n) is 7.16. The Hall–Kier alpha value is -1.17. The van der Waals surface area contributed by atoms with Gasteiger partial charge in [-0.15, -0.1) is 11.3 Å². The highest BCUT2D eigenvalue weighted by Gasteiger charge is 2.26. The Bertz CT molecular complexity index is 506. The molecule has 0 spiro atoms. The van der Waals surface area contributed by atoms with Gasteiger partial charge in [0, 0.05) is 36.3 Å². The van der Waals surface area contributed by atoms with Crippen LogP contribution < -0.4 is 5.73 Å². The van der Waals surface area contributed by atoms with Gasteiger partial charge in [0.15, 0.2) is 0 Å². The molecule has 0 amide bonds. The molecule has 0 aliphatic rings. The maximum atomic E-state index is 6.39. The largest absolute Gasteiger partial charge is 0.326 e. The smallest absolute Gasteiger partial charge is 0.0538 e. The maximum absolute atomic E-state index is 6.39. The molecule has 2 heterocycles. The van der Waals surface area contributed by atoms with Crippen LogP contribution in [0.5, 0.6) is 0 Å². The fourth-order valence-corrected chi connectivity index (χ4v) is 3.28. The molecule has 2 aromatic rings. The second-order valence-electron chi connectivity index (χ2n) is 5.11. The van der Waals surface area contributed by atoms with Gasteiger partial charge in [0.05, 0.1) is 12.2 Å². The number of likely N-dealkylation sites (N-methyl/N-ethyl adjacent to an activating group) is 1. The molecule has 0 bridgehead atoms. The van der Waals surface area contributed by atoms with Crippen LogP contribution in [0.3, 0.4) is 0 Å². The first kappa shape index (κ1) is 15.2. The van der Waals surface area contributed by atoms with Gasteiger partial charge in [-0.1, -0.05) is 19.9 Å². The fraction of sp³-hybridized carbons (Fsp3) is 0.533. The monoisotopic (exact) mass is 292 g/mol. The van der Waals surface area contributed by atoms with Crippen LogP contribution in [-0.4, -0.2) is 27.3 Å². The van der Waals surface area contributed by atoms with Gasteiger partial charge in [0.25, 0.3) is 0 Å². The first-order chi connectivity index (χ1) is 9.65. The van der Waals surface area contributed by atoms with Gasteiger partial charge in [0.1, 0.15) is 0 Å². The minimum Gasteiger partial charge on any atom is -0.326 e. The number of hydrogen-bond donors (Lipinski definition) is 1. The van der Waals surface area contributed by atoms with Gasteiger partial charge in [0.2, 0.25) is 0 Å². The number of thiophene rings is 1. The van der Waals surface area contributed by atoms with E-state index >= 15 is 0 Å². The summed E-state index contributed by atoms with van der Waals surface area (Å²) < 4.78 is 1.85. The van der Waals surface area contributed by atoms with Crippen molar-refractivity contribution in [1.29, 1.82) is 0 Å². The van der Waals surface area contributed by atoms with Gasteiger partial charge in [-0.3, -0.25) is 9.58 Å². The molecule has 2 N–H and O–H groups in total. The van der Waals surface area contributed by atoms with Crippen LogP contribution in [0, 0.1) is 0 Å². The zero-order chi connectivity index (χ0) is 14.5. The number of aromatic nitrogens is 2. The van der Waals surface area contributed by atoms with Crippen molar-refractivity contribution in [3.05, 3.63) is 40.3 Å². The van der Waals surface area contributed by atoms with Crippen molar-refractivity contribution >= 4 is 11.3 Å². The van der Waals surface area contributed by atoms with E-state index in [1.165, 1.54) is 10.4 Å². The number of nitrogens with two attached hydrogens (primary N) is 1. The summed E-state index contributed by atoms with van der Waals surface area (Å²) >= 11 is 1.80. The van der Waals surface area contributed by atoms with Crippen molar-refractivity contribution in [2.24, 2.45) is 12.8 Å². The van der Waals surface area contributed by atoms with E-state index in [0.717, 1.165) is 19.5 Å². The summed E-state index contributed by atoms with van der Waals surface area (Å²) in [5, 5.41) is 6.43. The van der Waals surface area contributed by atoms with Crippen molar-refractivity contribution in [3.8, 4) is 0 Å². The molecule has 4 nitrogen and oxygen atoms in total. The molecule has 0 fully saturated rings. The highest BCUT2D eigenvalue weighted by molar-refractivity contribution is 7.09. The summed E-state index contributed by atoms with van der Waals surface area (Å²) in [6.45, 7) is 6.26. The van der Waals surface area contributed by atoms with Crippen LogP contribution in [0.1, 0.15) is 36.8 Å². The molecule has 2 rings (SSSR count). The third-order valence-electron chi connectivity index (χ3n) is 3.68. The molecule has 0 radical (unpaired) electrons. The highest BCUT2D eigenvalue weighted by atomic mass is 32.1. The van der Waals surface area contributed by atoms with Crippen molar-refractivity contribution in [1.82, 2.24) is 14.7 Å². The number of aryl methyl sites for hydroxylation is 1. The summed E-state index contributed by atoms with van der Waals surface area (Å²) in [4.78, 5) is 3.82. The van der Waals surface area contributed by atoms with Crippen molar-refractivity contribution in [2.45, 2.75) is 38.9 Å². The van der Waals surface area contributed by atoms with Crippen LogP contribution in [0.25, 0.3) is 0 Å². The van der Waals surface area contributed by atoms with Gasteiger partial charge in [-0.05, 0) is 24.4 Å². The third-order valence-corrected chi connectivity index (χ3v) is 4.54. The lowest BCUT2D eigenvalue weighted by molar-refractivity contribution is 0.171. The maximum Gasteiger partial charge on any atom is 0.0538 e. The zero-order valence-corrected chi connectivity index (χ0v) is 13.3. The van der Waals surface area contributed by atoms with Gasteiger partial charge in [-0.2, -0.15) is 5.10 Å². The van der Waals surface area contributed by atoms with Crippen molar-refractivity contribution in [2.75, 3.05) is 6.54 Å². The average Bonchev–Trinajstić information content (AvgIpc) is 3.09. The fourth-order valence-electron chi connectivity index (χ4n) is 2.55. The number of hydrogen-bond acceptors (Lipinski definition) is 4. The standard InChI is InChI=1S/C15H24N4S/c1-4-14(16)15(12-9-17-18(3)10-12)19(5-2)11-13-7-6-8-20-13/h6-10,14-15H,4-5,11,16H2,1-3H3. The van der Waals surface area contributed by atoms with Crippen LogP contribution in [-0.2, 0) is 13.6 Å². The summed E-state index contributed by atoms with van der Waals surface area (Å²) in [5.41, 5.74) is 7.60. The summed E-state index contributed by atoms with van der Waals surface area (Å²) in [5.74, 6) is 0. The van der Waals surface area contributed by atoms with Crippen LogP contribution >= 0.6 is 11.3 Å². The lowest BCUT2D eigenvalue weighted by atomic mass is 9.99. The van der Waals surface area contributed by atoms with Gasteiger partial charge >= 0.3 is 0 Å². The second-order valence-corrected chi connectivity index (χ2v) is 6.14. The number of rotatable bonds is 7. The molecular weight excluding hydrogens is 268 g/mol. The van der Waals surface area contributed by atoms with Crippen LogP contribution in [0.4, 0.5) is 0 Å². The van der Waals surface area contributed by atoms with Crippen molar-refractivity contribution < 1.29 is 0 Å². The molecule has 0 aliphatic heterocycles. The van der Waals surface area contributed by atoms with E-state index in [4.69, 9.17) is 5.73 Å². The Morgan fingerprint density at radius 2 is 2.25 bits per heavy atom. The average molecular weight is 292 g/mol. The molecular formula is C15H24N4S. The van der Waals surface area contributed by atoms with E-state index in [1.807, 2.05) is 17.9 Å². The number of nitrogens with zero attached hydrogens (tertiary/aromatic N) is 3. The molecule has 2 atom stereocenters. The van der Waals surface area contributed by atoms with Gasteiger partial charge in [-0.25, -0.2) is 0 Å². The lowest BCUT2D eigenvalue weighted by Gasteiger charge is -2.33. The molecule has 20 heavy (non-hydrogen) atoms. The van der Waals surface area contributed by atoms with Crippen LogP contribution in [0.15, 0.2) is 29.9 Å². The molecule has 0 saturated carbocycles. The molecule has 2 unspecified atom stereocenters. The van der Waals surface area contributed by atoms with E-state index in [-0.39, 0.29) is 12.1 Å². The zero-order valence-electron chi connectivity index (χ0n) is 12.5. The van der Waals surface area contributed by atoms with E-state index in [1.54, 1.807) is 11.3 Å². The Balaban J connectivity index is 2.23. The topological polar surface area (TPSA) is 47.1 Å². The predicted molar refractivity (Wildman–Crippen MR) is 84.6 cm³/mol. The summed E-state index contributed by atoms with van der Waals surface area (Å²) in [6, 6.07) is 4.64. The molecule has 0 saturated heterocycles. The molecule has 110 valence electrons. The Morgan fingerprint density at radius 1 is 1.45 bits per heavy atom. The molecule has 0 aromatic carbocycles. The predicted octanol–water partition coefficient (Wildman–Crippen LogP) is 2.78. The SMILES string of the molecule is CCC(N)C(c1cnn(C)c1)N(CC)Cc1cccs1. The Morgan fingerprint density at radius 3 is 2.75 bits per heavy atom. The lowest BCUT2D eigenvalue weighted by Crippen LogP contribution is -2.40. The molecule has 0 aliphatic carbocycles. The van der Waals surface area contributed by atoms with E-state index in [2.05, 4.69) is 47.6 Å².